The first-order chi connectivity index (χ1) is 13.3. The van der Waals surface area contributed by atoms with Crippen LogP contribution < -0.4 is 4.74 Å². The average Bonchev–Trinajstić information content (AvgIpc) is 2.60. The van der Waals surface area contributed by atoms with Crippen molar-refractivity contribution in [3.8, 4) is 5.75 Å². The number of hydrogen-bond donors (Lipinski definition) is 2. The van der Waals surface area contributed by atoms with Crippen LogP contribution in [0.3, 0.4) is 0 Å². The summed E-state index contributed by atoms with van der Waals surface area (Å²) in [7, 11) is -8.95. The van der Waals surface area contributed by atoms with Crippen LogP contribution in [0, 0.1) is 0 Å². The van der Waals surface area contributed by atoms with E-state index >= 15 is 0 Å². The lowest BCUT2D eigenvalue weighted by molar-refractivity contribution is 0.0557. The molecule has 0 atom stereocenters. The molecule has 2 rings (SSSR count). The Morgan fingerprint density at radius 2 is 1.90 bits per heavy atom. The average molecular weight is 531 g/mol. The van der Waals surface area contributed by atoms with Gasteiger partial charge in [-0.3, -0.25) is 4.57 Å². The van der Waals surface area contributed by atoms with Crippen LogP contribution in [-0.4, -0.2) is 36.8 Å². The van der Waals surface area contributed by atoms with Crippen LogP contribution in [-0.2, 0) is 25.8 Å². The van der Waals surface area contributed by atoms with E-state index in [2.05, 4.69) is 15.9 Å². The van der Waals surface area contributed by atoms with Crippen molar-refractivity contribution in [2.75, 3.05) is 18.6 Å². The van der Waals surface area contributed by atoms with Gasteiger partial charge in [-0.1, -0.05) is 34.1 Å². The van der Waals surface area contributed by atoms with Crippen LogP contribution >= 0.6 is 35.3 Å². The maximum atomic E-state index is 13.8. The summed E-state index contributed by atoms with van der Waals surface area (Å²) in [4.78, 5) is 17.8. The summed E-state index contributed by atoms with van der Waals surface area (Å²) in [6.07, 6.45) is 1.11. The van der Waals surface area contributed by atoms with Crippen LogP contribution in [0.25, 0.3) is 0 Å². The van der Waals surface area contributed by atoms with Crippen molar-refractivity contribution in [2.24, 2.45) is 0 Å². The smallest absolute Gasteiger partial charge is 0.399 e. The summed E-state index contributed by atoms with van der Waals surface area (Å²) >= 11 is 4.40. The van der Waals surface area contributed by atoms with Gasteiger partial charge in [0.15, 0.2) is 9.84 Å². The number of sulfone groups is 1. The molecule has 0 aromatic heterocycles. The molecule has 0 fully saturated rings. The molecule has 2 N–H and O–H groups in total. The predicted molar refractivity (Wildman–Crippen MR) is 111 cm³/mol. The molecule has 0 aliphatic heterocycles. The van der Waals surface area contributed by atoms with Crippen molar-refractivity contribution in [1.29, 1.82) is 0 Å². The van der Waals surface area contributed by atoms with Gasteiger partial charge < -0.3 is 14.5 Å². The molecule has 29 heavy (non-hydrogen) atoms. The van der Waals surface area contributed by atoms with E-state index in [9.17, 15) is 21.8 Å². The Bertz CT molecular complexity index is 1030. The fourth-order valence-electron chi connectivity index (χ4n) is 2.25. The van der Waals surface area contributed by atoms with E-state index in [1.54, 1.807) is 12.1 Å². The topological polar surface area (TPSA) is 101 Å². The molecule has 160 valence electrons. The third-order valence-electron chi connectivity index (χ3n) is 3.72. The molecule has 0 aliphatic rings. The monoisotopic (exact) mass is 530 g/mol. The number of benzene rings is 2. The van der Waals surface area contributed by atoms with Gasteiger partial charge in [0, 0.05) is 27.8 Å². The Balaban J connectivity index is 1.89. The lowest BCUT2D eigenvalue weighted by atomic mass is 10.1. The van der Waals surface area contributed by atoms with Crippen molar-refractivity contribution in [3.63, 3.8) is 0 Å². The largest absolute Gasteiger partial charge is 0.493 e. The SMILES string of the molecule is CS(=O)(=O)c1cccc(OCCSCc2ccc(C(F)(F)P(=O)(O)O)c(Br)c2)c1. The molecule has 0 aliphatic carbocycles. The standard InChI is InChI=1S/C17H18BrF2O6PS2/c1-29(24,25)14-4-2-3-13(10-14)26-7-8-28-11-12-5-6-15(16(18)9-12)17(19,20)27(21,22)23/h2-6,9-10H,7-8,11H2,1H3,(H2,21,22,23). The van der Waals surface area contributed by atoms with Gasteiger partial charge in [-0.05, 0) is 29.8 Å². The minimum atomic E-state index is -5.63. The summed E-state index contributed by atoms with van der Waals surface area (Å²) in [5, 5.41) is 0. The molecule has 0 bridgehead atoms. The second-order valence-electron chi connectivity index (χ2n) is 6.05. The van der Waals surface area contributed by atoms with Crippen molar-refractivity contribution < 1.29 is 36.3 Å². The molecule has 0 amide bonds. The predicted octanol–water partition coefficient (Wildman–Crippen LogP) is 4.39. The number of thioether (sulfide) groups is 1. The quantitative estimate of drug-likeness (QED) is 0.366. The highest BCUT2D eigenvalue weighted by atomic mass is 79.9. The fourth-order valence-corrected chi connectivity index (χ4v) is 5.01. The number of hydrogen-bond acceptors (Lipinski definition) is 5. The van der Waals surface area contributed by atoms with E-state index in [1.807, 2.05) is 0 Å². The minimum absolute atomic E-state index is 0.0854. The van der Waals surface area contributed by atoms with Crippen LogP contribution in [0.5, 0.6) is 5.75 Å². The first-order valence-corrected chi connectivity index (χ1v) is 13.5. The Labute approximate surface area is 179 Å². The van der Waals surface area contributed by atoms with Gasteiger partial charge in [0.1, 0.15) is 5.75 Å². The van der Waals surface area contributed by atoms with E-state index in [0.29, 0.717) is 29.4 Å². The minimum Gasteiger partial charge on any atom is -0.493 e. The highest BCUT2D eigenvalue weighted by Crippen LogP contribution is 2.60. The summed E-state index contributed by atoms with van der Waals surface area (Å²) in [5.74, 6) is 1.45. The molecule has 2 aromatic rings. The molecule has 6 nitrogen and oxygen atoms in total. The van der Waals surface area contributed by atoms with Gasteiger partial charge >= 0.3 is 13.3 Å². The number of halogens is 3. The maximum absolute atomic E-state index is 13.8. The zero-order chi connectivity index (χ0) is 21.9. The number of alkyl halides is 2. The van der Waals surface area contributed by atoms with E-state index in [4.69, 9.17) is 14.5 Å². The highest BCUT2D eigenvalue weighted by molar-refractivity contribution is 9.10. The zero-order valence-corrected chi connectivity index (χ0v) is 19.2. The Hall–Kier alpha value is -0.970. The summed E-state index contributed by atoms with van der Waals surface area (Å²) in [6.45, 7) is 0.313. The summed E-state index contributed by atoms with van der Waals surface area (Å²) in [5.41, 5.74) is -4.36. The van der Waals surface area contributed by atoms with Crippen molar-refractivity contribution in [1.82, 2.24) is 0 Å². The molecular weight excluding hydrogens is 513 g/mol. The van der Waals surface area contributed by atoms with Gasteiger partial charge in [-0.25, -0.2) is 8.42 Å². The molecule has 0 unspecified atom stereocenters. The van der Waals surface area contributed by atoms with Gasteiger partial charge in [-0.2, -0.15) is 20.5 Å². The second kappa shape index (κ2) is 9.45. The molecule has 0 spiro atoms. The lowest BCUT2D eigenvalue weighted by Gasteiger charge is -2.19. The molecule has 0 saturated carbocycles. The molecule has 0 heterocycles. The molecule has 12 heteroatoms. The Morgan fingerprint density at radius 3 is 2.48 bits per heavy atom. The highest BCUT2D eigenvalue weighted by Gasteiger charge is 2.51. The van der Waals surface area contributed by atoms with Crippen molar-refractivity contribution in [3.05, 3.63) is 58.1 Å². The fraction of sp³-hybridized carbons (Fsp3) is 0.294. The van der Waals surface area contributed by atoms with E-state index < -0.39 is 28.7 Å². The molecular formula is C17H18BrF2O6PS2. The Morgan fingerprint density at radius 1 is 1.21 bits per heavy atom. The first-order valence-electron chi connectivity index (χ1n) is 8.05. The molecule has 2 aromatic carbocycles. The number of rotatable bonds is 9. The summed E-state index contributed by atoms with van der Waals surface area (Å²) < 4.78 is 67.1. The van der Waals surface area contributed by atoms with E-state index in [1.165, 1.54) is 36.0 Å². The van der Waals surface area contributed by atoms with Gasteiger partial charge in [0.05, 0.1) is 11.5 Å². The van der Waals surface area contributed by atoms with Crippen LogP contribution in [0.2, 0.25) is 0 Å². The second-order valence-corrected chi connectivity index (χ2v) is 11.7. The third kappa shape index (κ3) is 6.50. The van der Waals surface area contributed by atoms with Gasteiger partial charge in [0.25, 0.3) is 0 Å². The maximum Gasteiger partial charge on any atom is 0.399 e. The molecule has 0 radical (unpaired) electrons. The van der Waals surface area contributed by atoms with Crippen molar-refractivity contribution >= 4 is 45.1 Å². The normalized spacial score (nSPS) is 12.8. The van der Waals surface area contributed by atoms with Gasteiger partial charge in [-0.15, -0.1) is 0 Å². The lowest BCUT2D eigenvalue weighted by Crippen LogP contribution is -2.14. The van der Waals surface area contributed by atoms with Crippen LogP contribution in [0.1, 0.15) is 11.1 Å². The van der Waals surface area contributed by atoms with Gasteiger partial charge in [0.2, 0.25) is 0 Å². The van der Waals surface area contributed by atoms with E-state index in [-0.39, 0.29) is 9.37 Å². The van der Waals surface area contributed by atoms with Crippen LogP contribution in [0.4, 0.5) is 8.78 Å². The van der Waals surface area contributed by atoms with E-state index in [0.717, 1.165) is 12.3 Å². The zero-order valence-electron chi connectivity index (χ0n) is 15.1. The molecule has 0 saturated heterocycles. The first kappa shape index (κ1) is 24.3. The summed E-state index contributed by atoms with van der Waals surface area (Å²) in [6, 6.07) is 9.93. The Kier molecular flexibility index (Phi) is 7.92. The van der Waals surface area contributed by atoms with Crippen LogP contribution in [0.15, 0.2) is 51.8 Å². The number of ether oxygens (including phenoxy) is 1. The third-order valence-corrected chi connectivity index (χ3v) is 7.45. The van der Waals surface area contributed by atoms with Crippen molar-refractivity contribution in [2.45, 2.75) is 16.3 Å².